The fraction of sp³-hybridized carbons (Fsp3) is 0.676. The molecule has 1 unspecified atom stereocenters. The largest absolute Gasteiger partial charge is 0.350 e. The number of rotatable bonds is 16. The fourth-order valence-corrected chi connectivity index (χ4v) is 6.71. The van der Waals surface area contributed by atoms with Crippen LogP contribution in [0.1, 0.15) is 103 Å². The topological polar surface area (TPSA) is 128 Å². The number of hydrogen-bond donors (Lipinski definition) is 2. The van der Waals surface area contributed by atoms with Crippen LogP contribution in [-0.2, 0) is 36.9 Å². The van der Waals surface area contributed by atoms with Gasteiger partial charge >= 0.3 is 0 Å². The molecule has 3 amide bonds. The average Bonchev–Trinajstić information content (AvgIpc) is 3.58. The molecule has 11 heteroatoms. The number of hydrazine groups is 1. The zero-order chi connectivity index (χ0) is 31.9. The summed E-state index contributed by atoms with van der Waals surface area (Å²) in [5.41, 5.74) is 5.58. The van der Waals surface area contributed by atoms with Crippen LogP contribution in [0.25, 0.3) is 0 Å². The molecule has 248 valence electrons. The van der Waals surface area contributed by atoms with Gasteiger partial charge in [0.25, 0.3) is 5.91 Å². The van der Waals surface area contributed by atoms with Crippen molar-refractivity contribution in [3.05, 3.63) is 48.3 Å². The lowest BCUT2D eigenvalue weighted by molar-refractivity contribution is -0.204. The Bertz CT molecular complexity index is 1170. The average molecular weight is 625 g/mol. The van der Waals surface area contributed by atoms with Crippen LogP contribution in [0.5, 0.6) is 0 Å². The van der Waals surface area contributed by atoms with Gasteiger partial charge in [-0.3, -0.25) is 24.8 Å². The van der Waals surface area contributed by atoms with E-state index in [9.17, 15) is 14.4 Å². The highest BCUT2D eigenvalue weighted by atomic mass is 16.8. The Balaban J connectivity index is 1.51. The molecule has 1 aromatic heterocycles. The monoisotopic (exact) mass is 624 g/mol. The minimum absolute atomic E-state index is 0.0694. The maximum Gasteiger partial charge on any atom is 0.262 e. The maximum atomic E-state index is 14.3. The molecule has 2 aliphatic rings. The van der Waals surface area contributed by atoms with Gasteiger partial charge in [-0.2, -0.15) is 0 Å². The molecular formula is C34H52N6O5. The number of ether oxygens (including phenoxy) is 1. The summed E-state index contributed by atoms with van der Waals surface area (Å²) in [6.07, 6.45) is 15.8. The van der Waals surface area contributed by atoms with Gasteiger partial charge in [0.1, 0.15) is 6.54 Å². The summed E-state index contributed by atoms with van der Waals surface area (Å²) in [6, 6.07) is 9.83. The summed E-state index contributed by atoms with van der Waals surface area (Å²) in [5.74, 6) is -0.964. The SMILES string of the molecule is CCC[C@@](C)(C(=O)NN(CCc1ccccc1)C(=O)Cn1ccnn1)[C@H](CCCC1CCCCC1)C(=O)NOC1CCCCO1. The van der Waals surface area contributed by atoms with Gasteiger partial charge < -0.3 is 4.74 Å². The van der Waals surface area contributed by atoms with Crippen molar-refractivity contribution >= 4 is 17.7 Å². The Morgan fingerprint density at radius 1 is 1.11 bits per heavy atom. The van der Waals surface area contributed by atoms with Crippen molar-refractivity contribution in [2.75, 3.05) is 13.2 Å². The first-order chi connectivity index (χ1) is 21.9. The first-order valence-electron chi connectivity index (χ1n) is 17.0. The number of aromatic nitrogens is 3. The molecule has 1 aliphatic heterocycles. The van der Waals surface area contributed by atoms with Crippen LogP contribution in [-0.4, -0.2) is 57.2 Å². The number of benzene rings is 1. The van der Waals surface area contributed by atoms with Crippen molar-refractivity contribution in [2.45, 2.75) is 117 Å². The predicted molar refractivity (Wildman–Crippen MR) is 170 cm³/mol. The van der Waals surface area contributed by atoms with E-state index in [4.69, 9.17) is 9.57 Å². The molecule has 0 bridgehead atoms. The van der Waals surface area contributed by atoms with Crippen molar-refractivity contribution in [1.82, 2.24) is 30.9 Å². The van der Waals surface area contributed by atoms with Crippen LogP contribution in [0.2, 0.25) is 0 Å². The van der Waals surface area contributed by atoms with E-state index in [2.05, 4.69) is 21.2 Å². The molecule has 11 nitrogen and oxygen atoms in total. The van der Waals surface area contributed by atoms with E-state index in [0.29, 0.717) is 44.6 Å². The van der Waals surface area contributed by atoms with E-state index in [0.717, 1.165) is 31.2 Å². The second-order valence-electron chi connectivity index (χ2n) is 12.9. The van der Waals surface area contributed by atoms with Crippen LogP contribution in [0.3, 0.4) is 0 Å². The fourth-order valence-electron chi connectivity index (χ4n) is 6.71. The highest BCUT2D eigenvalue weighted by Crippen LogP contribution is 2.38. The van der Waals surface area contributed by atoms with Crippen molar-refractivity contribution < 1.29 is 24.0 Å². The van der Waals surface area contributed by atoms with Crippen LogP contribution >= 0.6 is 0 Å². The third-order valence-electron chi connectivity index (χ3n) is 9.41. The molecule has 4 rings (SSSR count). The zero-order valence-electron chi connectivity index (χ0n) is 27.1. The predicted octanol–water partition coefficient (Wildman–Crippen LogP) is 5.13. The van der Waals surface area contributed by atoms with E-state index >= 15 is 0 Å². The van der Waals surface area contributed by atoms with Gasteiger partial charge in [0.05, 0.1) is 17.5 Å². The summed E-state index contributed by atoms with van der Waals surface area (Å²) in [5, 5.41) is 9.09. The van der Waals surface area contributed by atoms with Crippen LogP contribution in [0.15, 0.2) is 42.7 Å². The number of nitrogens with one attached hydrogen (secondary N) is 2. The molecule has 1 aromatic carbocycles. The summed E-state index contributed by atoms with van der Waals surface area (Å²) < 4.78 is 7.09. The Morgan fingerprint density at radius 3 is 2.58 bits per heavy atom. The third-order valence-corrected chi connectivity index (χ3v) is 9.41. The van der Waals surface area contributed by atoms with Crippen LogP contribution in [0, 0.1) is 17.3 Å². The lowest BCUT2D eigenvalue weighted by atomic mass is 9.70. The summed E-state index contributed by atoms with van der Waals surface area (Å²) in [4.78, 5) is 47.4. The Hall–Kier alpha value is -3.31. The first kappa shape index (κ1) is 34.6. The van der Waals surface area contributed by atoms with Crippen LogP contribution in [0.4, 0.5) is 0 Å². The van der Waals surface area contributed by atoms with Crippen molar-refractivity contribution in [3.8, 4) is 0 Å². The molecule has 1 aliphatic carbocycles. The van der Waals surface area contributed by atoms with Crippen molar-refractivity contribution in [3.63, 3.8) is 0 Å². The number of carbonyl (C=O) groups is 3. The number of nitrogens with zero attached hydrogens (tertiary/aromatic N) is 4. The van der Waals surface area contributed by atoms with Gasteiger partial charge in [-0.05, 0) is 50.5 Å². The standard InChI is InChI=1S/C34H52N6O5/c1-3-21-34(2,29(18-12-17-27-13-6-4-7-14-27)32(42)37-45-31-19-10-11-25-44-31)33(43)36-40(23-20-28-15-8-5-9-16-28)30(41)26-39-24-22-35-38-39/h5,8-9,15-16,22,24,27,29,31H,3-4,6-7,10-14,17-21,23,25-26H2,1-2H3,(H,36,43)(H,37,42)/t29-,31?,34-/m1/s1. The van der Waals surface area contributed by atoms with Gasteiger partial charge in [-0.1, -0.05) is 93.8 Å². The van der Waals surface area contributed by atoms with E-state index in [1.54, 1.807) is 6.20 Å². The molecule has 45 heavy (non-hydrogen) atoms. The highest BCUT2D eigenvalue weighted by molar-refractivity contribution is 5.91. The summed E-state index contributed by atoms with van der Waals surface area (Å²) >= 11 is 0. The zero-order valence-corrected chi connectivity index (χ0v) is 27.1. The smallest absolute Gasteiger partial charge is 0.262 e. The molecule has 2 N–H and O–H groups in total. The normalized spacial score (nSPS) is 19.3. The molecular weight excluding hydrogens is 572 g/mol. The molecule has 3 atom stereocenters. The number of carbonyl (C=O) groups excluding carboxylic acids is 3. The van der Waals surface area contributed by atoms with E-state index in [-0.39, 0.29) is 30.8 Å². The second kappa shape index (κ2) is 18.0. The van der Waals surface area contributed by atoms with Gasteiger partial charge in [0.2, 0.25) is 11.8 Å². The summed E-state index contributed by atoms with van der Waals surface area (Å²) in [6.45, 7) is 4.66. The minimum atomic E-state index is -1.08. The maximum absolute atomic E-state index is 14.3. The quantitative estimate of drug-likeness (QED) is 0.248. The highest BCUT2D eigenvalue weighted by Gasteiger charge is 2.45. The van der Waals surface area contributed by atoms with Crippen molar-refractivity contribution in [2.24, 2.45) is 17.3 Å². The molecule has 2 aromatic rings. The Labute approximate surface area is 267 Å². The van der Waals surface area contributed by atoms with Gasteiger partial charge in [0.15, 0.2) is 6.29 Å². The number of hydrogen-bond acceptors (Lipinski definition) is 7. The van der Waals surface area contributed by atoms with Gasteiger partial charge in [-0.15, -0.1) is 5.10 Å². The first-order valence-corrected chi connectivity index (χ1v) is 17.0. The molecule has 2 heterocycles. The number of amides is 3. The Morgan fingerprint density at radius 2 is 1.89 bits per heavy atom. The van der Waals surface area contributed by atoms with Crippen LogP contribution < -0.4 is 10.9 Å². The van der Waals surface area contributed by atoms with Gasteiger partial charge in [-0.25, -0.2) is 15.0 Å². The lowest BCUT2D eigenvalue weighted by Crippen LogP contribution is -2.56. The van der Waals surface area contributed by atoms with E-state index in [1.165, 1.54) is 48.0 Å². The molecule has 1 saturated heterocycles. The molecule has 2 fully saturated rings. The van der Waals surface area contributed by atoms with Crippen molar-refractivity contribution in [1.29, 1.82) is 0 Å². The molecule has 0 radical (unpaired) electrons. The molecule has 1 saturated carbocycles. The third kappa shape index (κ3) is 10.6. The minimum Gasteiger partial charge on any atom is -0.350 e. The van der Waals surface area contributed by atoms with Gasteiger partial charge in [0, 0.05) is 25.8 Å². The lowest BCUT2D eigenvalue weighted by Gasteiger charge is -2.38. The second-order valence-corrected chi connectivity index (χ2v) is 12.9. The molecule has 0 spiro atoms. The number of hydroxylamine groups is 1. The van der Waals surface area contributed by atoms with E-state index < -0.39 is 17.6 Å². The Kier molecular flexibility index (Phi) is 13.8. The summed E-state index contributed by atoms with van der Waals surface area (Å²) in [7, 11) is 0. The van der Waals surface area contributed by atoms with E-state index in [1.807, 2.05) is 44.2 Å².